The third-order valence-corrected chi connectivity index (χ3v) is 7.49. The summed E-state index contributed by atoms with van der Waals surface area (Å²) in [5.74, 6) is 1.78. The van der Waals surface area contributed by atoms with Gasteiger partial charge in [0.15, 0.2) is 11.5 Å². The largest absolute Gasteiger partial charge is 0.487 e. The second-order valence-electron chi connectivity index (χ2n) is 10.2. The Kier molecular flexibility index (Phi) is 8.78. The average molecular weight is 575 g/mol. The summed E-state index contributed by atoms with van der Waals surface area (Å²) in [4.78, 5) is 0. The van der Waals surface area contributed by atoms with E-state index in [0.717, 1.165) is 22.9 Å². The highest BCUT2D eigenvalue weighted by molar-refractivity contribution is 7.92. The van der Waals surface area contributed by atoms with Gasteiger partial charge in [0.2, 0.25) is 16.8 Å². The van der Waals surface area contributed by atoms with E-state index in [1.807, 2.05) is 73.7 Å². The Morgan fingerprint density at radius 3 is 2.22 bits per heavy atom. The van der Waals surface area contributed by atoms with Crippen LogP contribution >= 0.6 is 0 Å². The Labute approximate surface area is 241 Å². The van der Waals surface area contributed by atoms with Crippen molar-refractivity contribution in [2.75, 3.05) is 17.8 Å². The minimum absolute atomic E-state index is 0.140. The molecule has 214 valence electrons. The second kappa shape index (κ2) is 12.6. The highest BCUT2D eigenvalue weighted by atomic mass is 32.2. The first-order chi connectivity index (χ1) is 19.7. The summed E-state index contributed by atoms with van der Waals surface area (Å²) in [5.41, 5.74) is 3.91. The fraction of sp³-hybridized carbons (Fsp3) is 0.250. The fourth-order valence-electron chi connectivity index (χ4n) is 4.82. The van der Waals surface area contributed by atoms with E-state index >= 15 is 0 Å². The zero-order valence-electron chi connectivity index (χ0n) is 23.0. The van der Waals surface area contributed by atoms with E-state index in [4.69, 9.17) is 14.2 Å². The number of nitrogens with one attached hydrogen (secondary N) is 2. The van der Waals surface area contributed by atoms with Crippen LogP contribution < -0.4 is 24.2 Å². The van der Waals surface area contributed by atoms with E-state index in [2.05, 4.69) is 22.2 Å². The summed E-state index contributed by atoms with van der Waals surface area (Å²) >= 11 is 0. The lowest BCUT2D eigenvalue weighted by atomic mass is 9.95. The lowest BCUT2D eigenvalue weighted by Crippen LogP contribution is -2.36. The molecule has 4 aromatic rings. The van der Waals surface area contributed by atoms with Gasteiger partial charge in [-0.2, -0.15) is 0 Å². The Morgan fingerprint density at radius 2 is 1.51 bits per heavy atom. The molecular formula is C32H34N2O6S. The van der Waals surface area contributed by atoms with Gasteiger partial charge in [0.25, 0.3) is 0 Å². The third-order valence-electron chi connectivity index (χ3n) is 6.90. The molecule has 4 aromatic carbocycles. The molecule has 3 N–H and O–H groups in total. The first-order valence-corrected chi connectivity index (χ1v) is 15.3. The Hall–Kier alpha value is -4.05. The molecule has 3 atom stereocenters. The van der Waals surface area contributed by atoms with Crippen LogP contribution in [0.1, 0.15) is 41.3 Å². The van der Waals surface area contributed by atoms with Crippen LogP contribution in [-0.4, -0.2) is 32.6 Å². The van der Waals surface area contributed by atoms with Gasteiger partial charge in [0, 0.05) is 12.1 Å². The van der Waals surface area contributed by atoms with Gasteiger partial charge in [-0.15, -0.1) is 0 Å². The second-order valence-corrected chi connectivity index (χ2v) is 11.9. The molecule has 1 heterocycles. The van der Waals surface area contributed by atoms with Crippen LogP contribution in [0.4, 0.5) is 5.69 Å². The van der Waals surface area contributed by atoms with Crippen LogP contribution in [-0.2, 0) is 23.1 Å². The average Bonchev–Trinajstić information content (AvgIpc) is 3.44. The predicted molar refractivity (Wildman–Crippen MR) is 159 cm³/mol. The quantitative estimate of drug-likeness (QED) is 0.209. The SMILES string of the molecule is C[C@@H](N[C@H](Cc1ccccc1)c1ccc2c(c1)OCO2)[C@@H](O)c1ccc(OCc2ccccc2)c(NS(C)(=O)=O)c1. The van der Waals surface area contributed by atoms with Crippen LogP contribution in [0.3, 0.4) is 0 Å². The summed E-state index contributed by atoms with van der Waals surface area (Å²) in [6.07, 6.45) is 0.830. The topological polar surface area (TPSA) is 106 Å². The summed E-state index contributed by atoms with van der Waals surface area (Å²) < 4.78 is 43.8. The zero-order chi connectivity index (χ0) is 28.8. The van der Waals surface area contributed by atoms with E-state index in [9.17, 15) is 13.5 Å². The number of sulfonamides is 1. The number of aliphatic hydroxyl groups is 1. The Morgan fingerprint density at radius 1 is 0.854 bits per heavy atom. The van der Waals surface area contributed by atoms with Gasteiger partial charge in [-0.05, 0) is 59.9 Å². The highest BCUT2D eigenvalue weighted by Gasteiger charge is 2.25. The summed E-state index contributed by atoms with van der Waals surface area (Å²) in [7, 11) is -3.59. The van der Waals surface area contributed by atoms with Crippen molar-refractivity contribution in [3.63, 3.8) is 0 Å². The number of fused-ring (bicyclic) bond motifs is 1. The number of aliphatic hydroxyl groups excluding tert-OH is 1. The van der Waals surface area contributed by atoms with E-state index < -0.39 is 22.2 Å². The van der Waals surface area contributed by atoms with Gasteiger partial charge in [0.05, 0.1) is 18.0 Å². The molecule has 5 rings (SSSR count). The lowest BCUT2D eigenvalue weighted by molar-refractivity contribution is 0.129. The van der Waals surface area contributed by atoms with Gasteiger partial charge < -0.3 is 24.6 Å². The molecule has 0 aliphatic carbocycles. The third kappa shape index (κ3) is 7.58. The molecule has 0 aromatic heterocycles. The molecule has 0 spiro atoms. The van der Waals surface area contributed by atoms with Crippen LogP contribution in [0.25, 0.3) is 0 Å². The highest BCUT2D eigenvalue weighted by Crippen LogP contribution is 2.36. The Balaban J connectivity index is 1.37. The van der Waals surface area contributed by atoms with Gasteiger partial charge in [-0.3, -0.25) is 4.72 Å². The van der Waals surface area contributed by atoms with Crippen molar-refractivity contribution >= 4 is 15.7 Å². The van der Waals surface area contributed by atoms with Gasteiger partial charge in [-0.1, -0.05) is 72.8 Å². The van der Waals surface area contributed by atoms with Gasteiger partial charge in [-0.25, -0.2) is 8.42 Å². The molecule has 8 nitrogen and oxygen atoms in total. The van der Waals surface area contributed by atoms with Crippen LogP contribution in [0.15, 0.2) is 97.1 Å². The smallest absolute Gasteiger partial charge is 0.231 e. The van der Waals surface area contributed by atoms with Crippen molar-refractivity contribution in [2.24, 2.45) is 0 Å². The molecule has 1 aliphatic rings. The monoisotopic (exact) mass is 574 g/mol. The van der Waals surface area contributed by atoms with Crippen LogP contribution in [0.5, 0.6) is 17.2 Å². The molecule has 0 amide bonds. The summed E-state index contributed by atoms with van der Waals surface area (Å²) in [6, 6.07) is 30.1. The molecular weight excluding hydrogens is 540 g/mol. The number of hydrogen-bond donors (Lipinski definition) is 3. The standard InChI is InChI=1S/C32H34N2O6S/c1-22(33-27(17-23-9-5-3-6-10-23)25-13-16-30-31(19-25)40-21-39-30)32(35)26-14-15-29(28(18-26)34-41(2,36)37)38-20-24-11-7-4-8-12-24/h3-16,18-19,22,27,32-35H,17,20-21H2,1-2H3/t22-,27-,32-/m1/s1. The van der Waals surface area contributed by atoms with Crippen molar-refractivity contribution in [3.8, 4) is 17.2 Å². The maximum absolute atomic E-state index is 12.1. The minimum atomic E-state index is -3.59. The van der Waals surface area contributed by atoms with E-state index in [0.29, 0.717) is 29.2 Å². The molecule has 0 saturated heterocycles. The molecule has 0 fully saturated rings. The fourth-order valence-corrected chi connectivity index (χ4v) is 5.38. The maximum Gasteiger partial charge on any atom is 0.231 e. The van der Waals surface area contributed by atoms with Gasteiger partial charge in [0.1, 0.15) is 12.4 Å². The minimum Gasteiger partial charge on any atom is -0.487 e. The predicted octanol–water partition coefficient (Wildman–Crippen LogP) is 5.36. The number of hydrogen-bond acceptors (Lipinski definition) is 7. The van der Waals surface area contributed by atoms with Crippen molar-refractivity contribution in [1.29, 1.82) is 0 Å². The number of benzene rings is 4. The Bertz CT molecular complexity index is 1560. The number of rotatable bonds is 12. The molecule has 0 unspecified atom stereocenters. The molecule has 0 saturated carbocycles. The van der Waals surface area contributed by atoms with Crippen molar-refractivity contribution in [1.82, 2.24) is 5.32 Å². The number of ether oxygens (including phenoxy) is 3. The van der Waals surface area contributed by atoms with Crippen molar-refractivity contribution < 1.29 is 27.7 Å². The van der Waals surface area contributed by atoms with E-state index in [-0.39, 0.29) is 25.1 Å². The lowest BCUT2D eigenvalue weighted by Gasteiger charge is -2.28. The normalized spacial score (nSPS) is 14.7. The maximum atomic E-state index is 12.1. The van der Waals surface area contributed by atoms with Gasteiger partial charge >= 0.3 is 0 Å². The van der Waals surface area contributed by atoms with Crippen LogP contribution in [0, 0.1) is 0 Å². The molecule has 0 bridgehead atoms. The van der Waals surface area contributed by atoms with Crippen molar-refractivity contribution in [2.45, 2.75) is 38.1 Å². The summed E-state index contributed by atoms with van der Waals surface area (Å²) in [5, 5.41) is 15.0. The zero-order valence-corrected chi connectivity index (χ0v) is 23.8. The molecule has 0 radical (unpaired) electrons. The summed E-state index contributed by atoms with van der Waals surface area (Å²) in [6.45, 7) is 2.37. The molecule has 1 aliphatic heterocycles. The first-order valence-electron chi connectivity index (χ1n) is 13.4. The number of anilines is 1. The van der Waals surface area contributed by atoms with Crippen LogP contribution in [0.2, 0.25) is 0 Å². The van der Waals surface area contributed by atoms with Crippen molar-refractivity contribution in [3.05, 3.63) is 119 Å². The first kappa shape index (κ1) is 28.5. The molecule has 41 heavy (non-hydrogen) atoms. The van der Waals surface area contributed by atoms with E-state index in [1.54, 1.807) is 18.2 Å². The molecule has 9 heteroatoms. The van der Waals surface area contributed by atoms with E-state index in [1.165, 1.54) is 0 Å².